The van der Waals surface area contributed by atoms with E-state index in [2.05, 4.69) is 15.9 Å². The van der Waals surface area contributed by atoms with Crippen molar-refractivity contribution < 1.29 is 19.4 Å². The van der Waals surface area contributed by atoms with Crippen LogP contribution in [0.15, 0.2) is 77.3 Å². The van der Waals surface area contributed by atoms with E-state index in [0.717, 1.165) is 4.47 Å². The summed E-state index contributed by atoms with van der Waals surface area (Å²) < 4.78 is 6.55. The summed E-state index contributed by atoms with van der Waals surface area (Å²) in [5, 5.41) is 11.9. The second-order valence-corrected chi connectivity index (χ2v) is 8.60. The number of fused-ring (bicyclic) bond motifs is 1. The molecule has 158 valence electrons. The molecule has 4 rings (SSSR count). The average Bonchev–Trinajstić information content (AvgIpc) is 2.97. The van der Waals surface area contributed by atoms with Gasteiger partial charge >= 0.3 is 0 Å². The monoisotopic (exact) mass is 499 g/mol. The highest BCUT2D eigenvalue weighted by Crippen LogP contribution is 2.42. The van der Waals surface area contributed by atoms with E-state index in [0.29, 0.717) is 27.6 Å². The highest BCUT2D eigenvalue weighted by molar-refractivity contribution is 9.10. The van der Waals surface area contributed by atoms with Crippen molar-refractivity contribution in [1.29, 1.82) is 0 Å². The zero-order valence-electron chi connectivity index (χ0n) is 16.4. The van der Waals surface area contributed by atoms with Gasteiger partial charge in [0.25, 0.3) is 5.91 Å². The summed E-state index contributed by atoms with van der Waals surface area (Å²) in [6.07, 6.45) is -0.334. The van der Waals surface area contributed by atoms with Crippen molar-refractivity contribution in [3.05, 3.63) is 93.4 Å². The molecule has 1 atom stereocenters. The number of benzene rings is 3. The minimum atomic E-state index is -1.92. The molecule has 3 aromatic rings. The number of anilines is 1. The third kappa shape index (κ3) is 4.37. The molecule has 1 N–H and O–H groups in total. The molecule has 0 fully saturated rings. The number of ketones is 1. The van der Waals surface area contributed by atoms with Crippen molar-refractivity contribution in [1.82, 2.24) is 0 Å². The minimum absolute atomic E-state index is 0.221. The first-order valence-electron chi connectivity index (χ1n) is 9.69. The van der Waals surface area contributed by atoms with Gasteiger partial charge in [-0.3, -0.25) is 9.59 Å². The van der Waals surface area contributed by atoms with Crippen molar-refractivity contribution >= 4 is 44.9 Å². The fraction of sp³-hybridized carbons (Fsp3) is 0.167. The standard InChI is InChI=1S/C24H19BrClNO4/c25-17-7-5-16(6-8-17)22(28)15-24(30)20-3-1-2-4-21(20)27(23(24)29)13-14-31-19-11-9-18(26)10-12-19/h1-12,30H,13-15H2. The predicted molar refractivity (Wildman–Crippen MR) is 123 cm³/mol. The van der Waals surface area contributed by atoms with Crippen LogP contribution >= 0.6 is 27.5 Å². The average molecular weight is 501 g/mol. The first-order chi connectivity index (χ1) is 14.9. The number of hydrogen-bond acceptors (Lipinski definition) is 4. The molecule has 0 aliphatic carbocycles. The molecule has 1 unspecified atom stereocenters. The Morgan fingerprint density at radius 1 is 1.03 bits per heavy atom. The molecule has 3 aromatic carbocycles. The van der Waals surface area contributed by atoms with Gasteiger partial charge in [-0.15, -0.1) is 0 Å². The molecule has 5 nitrogen and oxygen atoms in total. The summed E-state index contributed by atoms with van der Waals surface area (Å²) >= 11 is 9.22. The van der Waals surface area contributed by atoms with E-state index in [-0.39, 0.29) is 25.4 Å². The number of rotatable bonds is 7. The maximum atomic E-state index is 13.2. The van der Waals surface area contributed by atoms with Gasteiger partial charge in [-0.1, -0.05) is 57.9 Å². The lowest BCUT2D eigenvalue weighted by atomic mass is 9.88. The Morgan fingerprint density at radius 3 is 2.42 bits per heavy atom. The maximum Gasteiger partial charge on any atom is 0.264 e. The van der Waals surface area contributed by atoms with Gasteiger partial charge in [0.15, 0.2) is 11.4 Å². The Morgan fingerprint density at radius 2 is 1.71 bits per heavy atom. The van der Waals surface area contributed by atoms with Crippen LogP contribution in [0.25, 0.3) is 0 Å². The van der Waals surface area contributed by atoms with Crippen molar-refractivity contribution in [2.75, 3.05) is 18.1 Å². The number of amides is 1. The summed E-state index contributed by atoms with van der Waals surface area (Å²) in [6.45, 7) is 0.450. The first kappa shape index (κ1) is 21.6. The van der Waals surface area contributed by atoms with Gasteiger partial charge in [0.05, 0.1) is 18.7 Å². The van der Waals surface area contributed by atoms with Crippen LogP contribution in [-0.2, 0) is 10.4 Å². The number of aliphatic hydroxyl groups is 1. The second kappa shape index (κ2) is 8.83. The maximum absolute atomic E-state index is 13.2. The van der Waals surface area contributed by atoms with Crippen LogP contribution in [0, 0.1) is 0 Å². The third-order valence-electron chi connectivity index (χ3n) is 5.22. The Hall–Kier alpha value is -2.67. The molecule has 0 saturated heterocycles. The van der Waals surface area contributed by atoms with E-state index >= 15 is 0 Å². The van der Waals surface area contributed by atoms with Crippen LogP contribution in [0.5, 0.6) is 5.75 Å². The number of para-hydroxylation sites is 1. The summed E-state index contributed by atoms with van der Waals surface area (Å²) in [5.74, 6) is -0.207. The van der Waals surface area contributed by atoms with Gasteiger partial charge < -0.3 is 14.7 Å². The largest absolute Gasteiger partial charge is 0.492 e. The molecule has 0 radical (unpaired) electrons. The number of Topliss-reactive ketones (excluding diaryl/α,β-unsaturated/α-hetero) is 1. The molecular weight excluding hydrogens is 482 g/mol. The smallest absolute Gasteiger partial charge is 0.264 e. The van der Waals surface area contributed by atoms with E-state index in [1.807, 2.05) is 0 Å². The molecular formula is C24H19BrClNO4. The lowest BCUT2D eigenvalue weighted by Crippen LogP contribution is -2.43. The number of nitrogens with zero attached hydrogens (tertiary/aromatic N) is 1. The number of halogens is 2. The molecule has 1 amide bonds. The van der Waals surface area contributed by atoms with Crippen molar-refractivity contribution in [2.45, 2.75) is 12.0 Å². The number of hydrogen-bond donors (Lipinski definition) is 1. The SMILES string of the molecule is O=C(CC1(O)C(=O)N(CCOc2ccc(Cl)cc2)c2ccccc21)c1ccc(Br)cc1. The topological polar surface area (TPSA) is 66.8 Å². The minimum Gasteiger partial charge on any atom is -0.492 e. The van der Waals surface area contributed by atoms with Crippen LogP contribution in [0.4, 0.5) is 5.69 Å². The van der Waals surface area contributed by atoms with Gasteiger partial charge in [-0.25, -0.2) is 0 Å². The highest BCUT2D eigenvalue weighted by atomic mass is 79.9. The predicted octanol–water partition coefficient (Wildman–Crippen LogP) is 4.99. The highest BCUT2D eigenvalue weighted by Gasteiger charge is 2.50. The zero-order valence-corrected chi connectivity index (χ0v) is 18.8. The summed E-state index contributed by atoms with van der Waals surface area (Å²) in [5.41, 5.74) is -0.470. The van der Waals surface area contributed by atoms with Gasteiger partial charge in [-0.2, -0.15) is 0 Å². The molecule has 1 aliphatic rings. The summed E-state index contributed by atoms with van der Waals surface area (Å²) in [7, 11) is 0. The first-order valence-corrected chi connectivity index (χ1v) is 10.9. The molecule has 7 heteroatoms. The Balaban J connectivity index is 1.52. The lowest BCUT2D eigenvalue weighted by Gasteiger charge is -2.23. The van der Waals surface area contributed by atoms with Gasteiger partial charge in [0.2, 0.25) is 0 Å². The van der Waals surface area contributed by atoms with Crippen LogP contribution in [-0.4, -0.2) is 29.9 Å². The van der Waals surface area contributed by atoms with Crippen LogP contribution in [0.1, 0.15) is 22.3 Å². The van der Waals surface area contributed by atoms with E-state index in [1.54, 1.807) is 72.8 Å². The zero-order chi connectivity index (χ0) is 22.0. The molecule has 1 heterocycles. The van der Waals surface area contributed by atoms with Crippen molar-refractivity contribution in [2.24, 2.45) is 0 Å². The molecule has 1 aliphatic heterocycles. The van der Waals surface area contributed by atoms with Crippen LogP contribution in [0.3, 0.4) is 0 Å². The number of ether oxygens (including phenoxy) is 1. The third-order valence-corrected chi connectivity index (χ3v) is 6.00. The van der Waals surface area contributed by atoms with Crippen molar-refractivity contribution in [3.63, 3.8) is 0 Å². The van der Waals surface area contributed by atoms with Crippen molar-refractivity contribution in [3.8, 4) is 5.75 Å². The summed E-state index contributed by atoms with van der Waals surface area (Å²) in [4.78, 5) is 27.5. The molecule has 31 heavy (non-hydrogen) atoms. The molecule has 0 spiro atoms. The van der Waals surface area contributed by atoms with Crippen LogP contribution < -0.4 is 9.64 Å². The van der Waals surface area contributed by atoms with Crippen LogP contribution in [0.2, 0.25) is 5.02 Å². The van der Waals surface area contributed by atoms with E-state index in [4.69, 9.17) is 16.3 Å². The second-order valence-electron chi connectivity index (χ2n) is 7.24. The molecule has 0 saturated carbocycles. The Kier molecular flexibility index (Phi) is 6.14. The number of carbonyl (C=O) groups is 2. The van der Waals surface area contributed by atoms with E-state index in [9.17, 15) is 14.7 Å². The fourth-order valence-electron chi connectivity index (χ4n) is 3.66. The molecule has 0 bridgehead atoms. The van der Waals surface area contributed by atoms with Gasteiger partial charge in [-0.05, 0) is 42.5 Å². The summed E-state index contributed by atoms with van der Waals surface area (Å²) in [6, 6.07) is 20.8. The Labute approximate surface area is 193 Å². The quantitative estimate of drug-likeness (QED) is 0.464. The van der Waals surface area contributed by atoms with Gasteiger partial charge in [0, 0.05) is 20.6 Å². The van der Waals surface area contributed by atoms with Gasteiger partial charge in [0.1, 0.15) is 12.4 Å². The van der Waals surface area contributed by atoms with E-state index in [1.165, 1.54) is 4.90 Å². The molecule has 0 aromatic heterocycles. The normalized spacial score (nSPS) is 17.5. The number of carbonyl (C=O) groups excluding carboxylic acids is 2. The lowest BCUT2D eigenvalue weighted by molar-refractivity contribution is -0.135. The fourth-order valence-corrected chi connectivity index (χ4v) is 4.05. The Bertz CT molecular complexity index is 1120. The van der Waals surface area contributed by atoms with E-state index < -0.39 is 11.5 Å².